The van der Waals surface area contributed by atoms with Crippen molar-refractivity contribution in [2.24, 2.45) is 0 Å². The van der Waals surface area contributed by atoms with E-state index in [1.165, 1.54) is 31.8 Å². The number of hydrogen-bond acceptors (Lipinski definition) is 5. The van der Waals surface area contributed by atoms with E-state index < -0.39 is 0 Å². The predicted octanol–water partition coefficient (Wildman–Crippen LogP) is 5.30. The van der Waals surface area contributed by atoms with E-state index in [9.17, 15) is 0 Å². The smallest absolute Gasteiger partial charge is 0.147 e. The van der Waals surface area contributed by atoms with Crippen molar-refractivity contribution < 1.29 is 0 Å². The van der Waals surface area contributed by atoms with Crippen LogP contribution >= 0.6 is 11.3 Å². The lowest BCUT2D eigenvalue weighted by Gasteiger charge is -2.37. The molecule has 0 saturated carbocycles. The summed E-state index contributed by atoms with van der Waals surface area (Å²) in [5.74, 6) is 0.973. The van der Waals surface area contributed by atoms with Gasteiger partial charge in [0.05, 0.1) is 17.3 Å². The Morgan fingerprint density at radius 1 is 0.862 bits per heavy atom. The van der Waals surface area contributed by atoms with E-state index >= 15 is 0 Å². The fourth-order valence-corrected chi connectivity index (χ4v) is 5.01. The predicted molar refractivity (Wildman–Crippen MR) is 123 cm³/mol. The number of fused-ring (bicyclic) bond motifs is 1. The maximum absolute atomic E-state index is 4.95. The van der Waals surface area contributed by atoms with E-state index in [4.69, 9.17) is 4.98 Å². The number of hydrogen-bond donors (Lipinski definition) is 0. The van der Waals surface area contributed by atoms with Gasteiger partial charge in [-0.05, 0) is 48.6 Å². The van der Waals surface area contributed by atoms with Gasteiger partial charge in [-0.1, -0.05) is 30.3 Å². The van der Waals surface area contributed by atoms with Crippen LogP contribution in [0.15, 0.2) is 60.9 Å². The van der Waals surface area contributed by atoms with Gasteiger partial charge < -0.3 is 9.80 Å². The minimum absolute atomic E-state index is 0.956. The highest BCUT2D eigenvalue weighted by Crippen LogP contribution is 2.33. The zero-order valence-corrected chi connectivity index (χ0v) is 17.6. The number of anilines is 2. The molecule has 5 rings (SSSR count). The highest BCUT2D eigenvalue weighted by atomic mass is 32.1. The second-order valence-electron chi connectivity index (χ2n) is 7.60. The normalized spacial score (nSPS) is 14.6. The van der Waals surface area contributed by atoms with Crippen molar-refractivity contribution in [1.29, 1.82) is 0 Å². The first-order valence-electron chi connectivity index (χ1n) is 10.1. The van der Waals surface area contributed by atoms with E-state index in [0.29, 0.717) is 0 Å². The summed E-state index contributed by atoms with van der Waals surface area (Å²) in [6.45, 7) is 8.31. The van der Waals surface area contributed by atoms with Crippen molar-refractivity contribution in [3.63, 3.8) is 0 Å². The van der Waals surface area contributed by atoms with Gasteiger partial charge in [0, 0.05) is 36.6 Å². The lowest BCUT2D eigenvalue weighted by atomic mass is 10.1. The highest BCUT2D eigenvalue weighted by molar-refractivity contribution is 7.22. The van der Waals surface area contributed by atoms with Crippen LogP contribution in [-0.4, -0.2) is 36.1 Å². The molecule has 4 nitrogen and oxygen atoms in total. The Bertz CT molecular complexity index is 1130. The summed E-state index contributed by atoms with van der Waals surface area (Å²) in [5.41, 5.74) is 5.05. The van der Waals surface area contributed by atoms with Gasteiger partial charge in [-0.2, -0.15) is 0 Å². The monoisotopic (exact) mass is 400 g/mol. The Hall–Kier alpha value is -2.92. The second kappa shape index (κ2) is 7.48. The molecular formula is C24H24N4S. The maximum Gasteiger partial charge on any atom is 0.147 e. The molecule has 0 unspecified atom stereocenters. The summed E-state index contributed by atoms with van der Waals surface area (Å²) in [5, 5.41) is 1.27. The van der Waals surface area contributed by atoms with Gasteiger partial charge in [0.2, 0.25) is 0 Å². The van der Waals surface area contributed by atoms with Crippen LogP contribution in [0.2, 0.25) is 0 Å². The molecular weight excluding hydrogens is 376 g/mol. The molecule has 4 aromatic rings. The molecule has 0 amide bonds. The molecule has 3 heterocycles. The number of aromatic nitrogens is 2. The van der Waals surface area contributed by atoms with E-state index in [0.717, 1.165) is 37.7 Å². The Morgan fingerprint density at radius 3 is 2.48 bits per heavy atom. The summed E-state index contributed by atoms with van der Waals surface area (Å²) in [7, 11) is 0. The number of thiophene rings is 1. The Labute approximate surface area is 175 Å². The van der Waals surface area contributed by atoms with Crippen LogP contribution in [0.3, 0.4) is 0 Å². The minimum Gasteiger partial charge on any atom is -0.368 e. The molecule has 29 heavy (non-hydrogen) atoms. The summed E-state index contributed by atoms with van der Waals surface area (Å²) in [4.78, 5) is 15.5. The Kier molecular flexibility index (Phi) is 4.68. The molecule has 0 radical (unpaired) electrons. The van der Waals surface area contributed by atoms with Crippen LogP contribution in [0.4, 0.5) is 11.5 Å². The highest BCUT2D eigenvalue weighted by Gasteiger charge is 2.20. The van der Waals surface area contributed by atoms with Crippen LogP contribution < -0.4 is 9.80 Å². The molecule has 1 aliphatic rings. The number of rotatable bonds is 3. The van der Waals surface area contributed by atoms with Gasteiger partial charge in [0.15, 0.2) is 0 Å². The Morgan fingerprint density at radius 2 is 1.66 bits per heavy atom. The lowest BCUT2D eigenvalue weighted by molar-refractivity contribution is 0.645. The molecule has 5 heteroatoms. The molecule has 1 saturated heterocycles. The summed E-state index contributed by atoms with van der Waals surface area (Å²) in [6.07, 6.45) is 3.77. The number of nitrogens with zero attached hydrogens (tertiary/aromatic N) is 4. The molecule has 0 bridgehead atoms. The summed E-state index contributed by atoms with van der Waals surface area (Å²) < 4.78 is 1.29. The van der Waals surface area contributed by atoms with Gasteiger partial charge in [0.25, 0.3) is 0 Å². The molecule has 0 aliphatic carbocycles. The standard InChI is InChI=1S/C24H24N4S/c1-17-6-5-8-21(18(17)2)27-10-12-28(13-11-27)24-16-25-15-20(26-24)23-14-19-7-3-4-9-22(19)29-23/h3-9,14-16H,10-13H2,1-2H3. The number of piperazine rings is 1. The van der Waals surface area contributed by atoms with Crippen molar-refractivity contribution in [3.8, 4) is 10.6 Å². The molecule has 2 aromatic carbocycles. The third kappa shape index (κ3) is 3.47. The maximum atomic E-state index is 4.95. The van der Waals surface area contributed by atoms with E-state index in [1.54, 1.807) is 11.3 Å². The number of benzene rings is 2. The fourth-order valence-electron chi connectivity index (χ4n) is 3.99. The van der Waals surface area contributed by atoms with Crippen molar-refractivity contribution in [2.45, 2.75) is 13.8 Å². The van der Waals surface area contributed by atoms with Crippen molar-refractivity contribution in [2.75, 3.05) is 36.0 Å². The van der Waals surface area contributed by atoms with Gasteiger partial charge in [-0.25, -0.2) is 4.98 Å². The number of aryl methyl sites for hydroxylation is 1. The topological polar surface area (TPSA) is 32.3 Å². The largest absolute Gasteiger partial charge is 0.368 e. The van der Waals surface area contributed by atoms with Gasteiger partial charge in [-0.15, -0.1) is 11.3 Å². The molecule has 0 spiro atoms. The van der Waals surface area contributed by atoms with Gasteiger partial charge in [-0.3, -0.25) is 4.98 Å². The van der Waals surface area contributed by atoms with Crippen molar-refractivity contribution >= 4 is 32.9 Å². The van der Waals surface area contributed by atoms with Crippen LogP contribution in [0.25, 0.3) is 20.7 Å². The van der Waals surface area contributed by atoms with Gasteiger partial charge >= 0.3 is 0 Å². The molecule has 2 aromatic heterocycles. The van der Waals surface area contributed by atoms with Crippen LogP contribution in [0, 0.1) is 13.8 Å². The zero-order chi connectivity index (χ0) is 19.8. The molecule has 0 atom stereocenters. The first-order chi connectivity index (χ1) is 14.2. The van der Waals surface area contributed by atoms with E-state index in [1.807, 2.05) is 12.4 Å². The first-order valence-corrected chi connectivity index (χ1v) is 10.9. The molecule has 1 fully saturated rings. The van der Waals surface area contributed by atoms with Crippen LogP contribution in [0.5, 0.6) is 0 Å². The fraction of sp³-hybridized carbons (Fsp3) is 0.250. The first kappa shape index (κ1) is 18.1. The second-order valence-corrected chi connectivity index (χ2v) is 8.69. The van der Waals surface area contributed by atoms with Crippen molar-refractivity contribution in [1.82, 2.24) is 9.97 Å². The minimum atomic E-state index is 0.956. The van der Waals surface area contributed by atoms with E-state index in [2.05, 4.69) is 77.2 Å². The van der Waals surface area contributed by atoms with Crippen LogP contribution in [0.1, 0.15) is 11.1 Å². The lowest BCUT2D eigenvalue weighted by Crippen LogP contribution is -2.47. The summed E-state index contributed by atoms with van der Waals surface area (Å²) in [6, 6.07) is 17.3. The van der Waals surface area contributed by atoms with Crippen LogP contribution in [-0.2, 0) is 0 Å². The van der Waals surface area contributed by atoms with Crippen molar-refractivity contribution in [3.05, 3.63) is 72.1 Å². The average molecular weight is 401 g/mol. The molecule has 0 N–H and O–H groups in total. The SMILES string of the molecule is Cc1cccc(N2CCN(c3cncc(-c4cc5ccccc5s4)n3)CC2)c1C. The Balaban J connectivity index is 1.35. The average Bonchev–Trinajstić information content (AvgIpc) is 3.20. The van der Waals surface area contributed by atoms with E-state index in [-0.39, 0.29) is 0 Å². The quantitative estimate of drug-likeness (QED) is 0.467. The third-order valence-corrected chi connectivity index (χ3v) is 6.96. The molecule has 146 valence electrons. The zero-order valence-electron chi connectivity index (χ0n) is 16.8. The van der Waals surface area contributed by atoms with Gasteiger partial charge in [0.1, 0.15) is 11.5 Å². The summed E-state index contributed by atoms with van der Waals surface area (Å²) >= 11 is 1.78. The third-order valence-electron chi connectivity index (χ3n) is 5.82. The molecule has 1 aliphatic heterocycles.